The van der Waals surface area contributed by atoms with Crippen LogP contribution in [0.5, 0.6) is 0 Å². The molecule has 4 rings (SSSR count). The number of nitrogens with one attached hydrogen (secondary N) is 1. The molecule has 0 fully saturated rings. The van der Waals surface area contributed by atoms with Crippen LogP contribution in [0.4, 0.5) is 4.79 Å². The molecule has 1 atom stereocenters. The van der Waals surface area contributed by atoms with Crippen LogP contribution < -0.4 is 5.32 Å². The number of fused-ring (bicyclic) bond motifs is 2. The third kappa shape index (κ3) is 4.22. The van der Waals surface area contributed by atoms with E-state index in [1.807, 2.05) is 24.3 Å². The zero-order valence-corrected chi connectivity index (χ0v) is 18.0. The molecule has 9 nitrogen and oxygen atoms in total. The fourth-order valence-corrected chi connectivity index (χ4v) is 3.58. The van der Waals surface area contributed by atoms with Crippen molar-refractivity contribution in [3.8, 4) is 0 Å². The lowest BCUT2D eigenvalue weighted by Crippen LogP contribution is -2.46. The molecule has 32 heavy (non-hydrogen) atoms. The van der Waals surface area contributed by atoms with Gasteiger partial charge in [0, 0.05) is 18.0 Å². The zero-order valence-electron chi connectivity index (χ0n) is 18.0. The third-order valence-corrected chi connectivity index (χ3v) is 4.91. The van der Waals surface area contributed by atoms with E-state index >= 15 is 0 Å². The van der Waals surface area contributed by atoms with Crippen molar-refractivity contribution in [3.63, 3.8) is 0 Å². The van der Waals surface area contributed by atoms with Crippen LogP contribution in [-0.2, 0) is 16.0 Å². The van der Waals surface area contributed by atoms with Gasteiger partial charge in [0.1, 0.15) is 17.2 Å². The highest BCUT2D eigenvalue weighted by Crippen LogP contribution is 2.22. The van der Waals surface area contributed by atoms with Crippen LogP contribution in [0.15, 0.2) is 54.7 Å². The molecule has 0 spiro atoms. The molecule has 0 aliphatic rings. The maximum absolute atomic E-state index is 13.5. The summed E-state index contributed by atoms with van der Waals surface area (Å²) < 4.78 is 7.99. The molecule has 2 aromatic carbocycles. The molecule has 0 bridgehead atoms. The number of amides is 1. The van der Waals surface area contributed by atoms with Crippen molar-refractivity contribution in [3.05, 3.63) is 60.3 Å². The van der Waals surface area contributed by atoms with Gasteiger partial charge in [-0.15, -0.1) is 5.10 Å². The molecule has 4 aromatic rings. The van der Waals surface area contributed by atoms with Crippen LogP contribution >= 0.6 is 0 Å². The van der Waals surface area contributed by atoms with Crippen LogP contribution in [0.3, 0.4) is 0 Å². The van der Waals surface area contributed by atoms with Gasteiger partial charge in [-0.3, -0.25) is 14.2 Å². The summed E-state index contributed by atoms with van der Waals surface area (Å²) in [5.74, 6) is -0.465. The minimum Gasteiger partial charge on any atom is -0.444 e. The van der Waals surface area contributed by atoms with Crippen molar-refractivity contribution in [2.75, 3.05) is 0 Å². The molecule has 9 heteroatoms. The van der Waals surface area contributed by atoms with Gasteiger partial charge in [-0.1, -0.05) is 35.5 Å². The number of nitrogens with zero attached hydrogens (tertiary/aromatic N) is 4. The first-order chi connectivity index (χ1) is 15.3. The Bertz CT molecular complexity index is 1310. The second-order valence-corrected chi connectivity index (χ2v) is 8.42. The Balaban J connectivity index is 1.72. The van der Waals surface area contributed by atoms with Crippen LogP contribution in [0, 0.1) is 0 Å². The number of ether oxygens (including phenoxy) is 1. The van der Waals surface area contributed by atoms with Gasteiger partial charge in [0.15, 0.2) is 0 Å². The summed E-state index contributed by atoms with van der Waals surface area (Å²) in [5.41, 5.74) is 1.81. The van der Waals surface area contributed by atoms with E-state index in [-0.39, 0.29) is 6.42 Å². The van der Waals surface area contributed by atoms with Gasteiger partial charge in [0.2, 0.25) is 6.41 Å². The number of alkyl carbamates (subject to hydrolysis) is 1. The lowest BCUT2D eigenvalue weighted by atomic mass is 10.0. The molecule has 0 radical (unpaired) electrons. The average Bonchev–Trinajstić information content (AvgIpc) is 3.33. The Morgan fingerprint density at radius 1 is 1.09 bits per heavy atom. The highest BCUT2D eigenvalue weighted by molar-refractivity contribution is 5.95. The quantitative estimate of drug-likeness (QED) is 0.484. The van der Waals surface area contributed by atoms with Gasteiger partial charge < -0.3 is 10.1 Å². The molecule has 1 amide bonds. The van der Waals surface area contributed by atoms with Crippen LogP contribution in [0.2, 0.25) is 0 Å². The van der Waals surface area contributed by atoms with Crippen LogP contribution in [0.25, 0.3) is 21.9 Å². The molecule has 0 aliphatic carbocycles. The molecular formula is C23H23N5O4. The topological polar surface area (TPSA) is 108 Å². The molecule has 164 valence electrons. The molecule has 2 heterocycles. The van der Waals surface area contributed by atoms with Crippen molar-refractivity contribution in [2.45, 2.75) is 38.8 Å². The summed E-state index contributed by atoms with van der Waals surface area (Å²) in [7, 11) is 0. The fraction of sp³-hybridized carbons (Fsp3) is 0.261. The minimum atomic E-state index is -0.999. The monoisotopic (exact) mass is 433 g/mol. The van der Waals surface area contributed by atoms with Crippen molar-refractivity contribution in [1.29, 1.82) is 0 Å². The summed E-state index contributed by atoms with van der Waals surface area (Å²) in [6.45, 7) is 5.23. The van der Waals surface area contributed by atoms with Crippen LogP contribution in [-0.4, -0.2) is 49.6 Å². The fourth-order valence-electron chi connectivity index (χ4n) is 3.58. The van der Waals surface area contributed by atoms with Crippen molar-refractivity contribution < 1.29 is 19.1 Å². The average molecular weight is 433 g/mol. The van der Waals surface area contributed by atoms with E-state index in [4.69, 9.17) is 4.74 Å². The Labute approximate surface area is 183 Å². The van der Waals surface area contributed by atoms with E-state index in [2.05, 4.69) is 15.6 Å². The number of aromatic nitrogens is 4. The van der Waals surface area contributed by atoms with Gasteiger partial charge in [0.05, 0.1) is 11.0 Å². The molecule has 1 N–H and O–H groups in total. The lowest BCUT2D eigenvalue weighted by Gasteiger charge is -2.23. The Kier molecular flexibility index (Phi) is 5.48. The van der Waals surface area contributed by atoms with Crippen molar-refractivity contribution in [1.82, 2.24) is 24.9 Å². The predicted octanol–water partition coefficient (Wildman–Crippen LogP) is 3.20. The summed E-state index contributed by atoms with van der Waals surface area (Å²) in [6, 6.07) is 13.4. The number of benzene rings is 2. The van der Waals surface area contributed by atoms with Gasteiger partial charge in [-0.2, -0.15) is 4.68 Å². The maximum atomic E-state index is 13.5. The van der Waals surface area contributed by atoms with Crippen LogP contribution in [0.1, 0.15) is 31.1 Å². The first kappa shape index (κ1) is 21.2. The van der Waals surface area contributed by atoms with Gasteiger partial charge in [-0.25, -0.2) is 4.79 Å². The first-order valence-corrected chi connectivity index (χ1v) is 10.1. The highest BCUT2D eigenvalue weighted by Gasteiger charge is 2.28. The standard InChI is InChI=1S/C23H23N5O4/c1-23(2,3)32-22(31)24-18(21(30)28-20-11-7-5-9-17(20)25-26-28)12-15-13-27(14-29)19-10-6-4-8-16(15)19/h4-11,13-14,18H,12H2,1-3H3,(H,24,31)/t18-/m0/s1. The summed E-state index contributed by atoms with van der Waals surface area (Å²) in [6.07, 6.45) is 1.77. The first-order valence-electron chi connectivity index (χ1n) is 10.1. The summed E-state index contributed by atoms with van der Waals surface area (Å²) in [5, 5.41) is 11.5. The molecule has 2 aromatic heterocycles. The minimum absolute atomic E-state index is 0.133. The van der Waals surface area contributed by atoms with E-state index in [0.29, 0.717) is 23.0 Å². The van der Waals surface area contributed by atoms with Crippen molar-refractivity contribution in [2.24, 2.45) is 0 Å². The normalized spacial score (nSPS) is 12.6. The number of hydrogen-bond acceptors (Lipinski definition) is 6. The van der Waals surface area contributed by atoms with Gasteiger partial charge in [0.25, 0.3) is 5.91 Å². The SMILES string of the molecule is CC(C)(C)OC(=O)N[C@@H](Cc1cn(C=O)c2ccccc12)C(=O)n1nnc2ccccc21. The van der Waals surface area contributed by atoms with Gasteiger partial charge in [-0.05, 0) is 44.5 Å². The Morgan fingerprint density at radius 3 is 2.50 bits per heavy atom. The second-order valence-electron chi connectivity index (χ2n) is 8.42. The second kappa shape index (κ2) is 8.26. The number of hydrogen-bond donors (Lipinski definition) is 1. The van der Waals surface area contributed by atoms with Gasteiger partial charge >= 0.3 is 6.09 Å². The Morgan fingerprint density at radius 2 is 1.78 bits per heavy atom. The van der Waals surface area contributed by atoms with E-state index in [9.17, 15) is 14.4 Å². The summed E-state index contributed by atoms with van der Waals surface area (Å²) >= 11 is 0. The van der Waals surface area contributed by atoms with E-state index in [1.165, 1.54) is 9.25 Å². The number of carbonyl (C=O) groups excluding carboxylic acids is 3. The van der Waals surface area contributed by atoms with E-state index in [1.54, 1.807) is 51.2 Å². The zero-order chi connectivity index (χ0) is 22.9. The molecule has 0 unspecified atom stereocenters. The molecule has 0 saturated heterocycles. The maximum Gasteiger partial charge on any atom is 0.408 e. The molecule has 0 aliphatic heterocycles. The Hall–Kier alpha value is -4.01. The number of carbonyl (C=O) groups is 3. The van der Waals surface area contributed by atoms with E-state index in [0.717, 1.165) is 10.9 Å². The smallest absolute Gasteiger partial charge is 0.408 e. The third-order valence-electron chi connectivity index (χ3n) is 4.91. The predicted molar refractivity (Wildman–Crippen MR) is 119 cm³/mol. The highest BCUT2D eigenvalue weighted by atomic mass is 16.6. The van der Waals surface area contributed by atoms with E-state index < -0.39 is 23.6 Å². The van der Waals surface area contributed by atoms with Crippen molar-refractivity contribution >= 4 is 40.3 Å². The number of rotatable bonds is 5. The summed E-state index contributed by atoms with van der Waals surface area (Å²) in [4.78, 5) is 37.5. The lowest BCUT2D eigenvalue weighted by molar-refractivity contribution is 0.0480. The molecule has 0 saturated carbocycles. The molecular weight excluding hydrogens is 410 g/mol. The number of para-hydroxylation sites is 2. The largest absolute Gasteiger partial charge is 0.444 e.